The molecule has 5 heteroatoms. The number of likely N-dealkylation sites (tertiary alicyclic amines) is 1. The van der Waals surface area contributed by atoms with Crippen molar-refractivity contribution in [3.8, 4) is 0 Å². The number of hydrogen-bond donors (Lipinski definition) is 2. The maximum atomic E-state index is 12.1. The molecule has 18 heavy (non-hydrogen) atoms. The van der Waals surface area contributed by atoms with E-state index in [9.17, 15) is 9.59 Å². The fraction of sp³-hybridized carbons (Fsp3) is 0.846. The second kappa shape index (κ2) is 6.73. The normalized spacial score (nSPS) is 21.3. The molecule has 1 aliphatic rings. The Hall–Kier alpha value is -1.10. The minimum Gasteiger partial charge on any atom is -0.369 e. The Kier molecular flexibility index (Phi) is 5.59. The molecule has 104 valence electrons. The lowest BCUT2D eigenvalue weighted by Crippen LogP contribution is -2.34. The number of carbonyl (C=O) groups is 2. The Morgan fingerprint density at radius 2 is 2.06 bits per heavy atom. The third-order valence-corrected chi connectivity index (χ3v) is 3.54. The second-order valence-corrected chi connectivity index (χ2v) is 5.66. The van der Waals surface area contributed by atoms with E-state index >= 15 is 0 Å². The van der Waals surface area contributed by atoms with E-state index in [4.69, 9.17) is 11.5 Å². The van der Waals surface area contributed by atoms with Gasteiger partial charge in [-0.1, -0.05) is 13.8 Å². The summed E-state index contributed by atoms with van der Waals surface area (Å²) in [6.07, 6.45) is 2.15. The third kappa shape index (κ3) is 4.29. The van der Waals surface area contributed by atoms with E-state index in [1.54, 1.807) is 4.90 Å². The SMILES string of the molecule is CC(C)C[C@H](CN)CC(=O)N1CCC(C(N)=O)C1. The predicted molar refractivity (Wildman–Crippen MR) is 70.5 cm³/mol. The summed E-state index contributed by atoms with van der Waals surface area (Å²) in [7, 11) is 0. The van der Waals surface area contributed by atoms with Gasteiger partial charge < -0.3 is 16.4 Å². The summed E-state index contributed by atoms with van der Waals surface area (Å²) in [5, 5.41) is 0. The number of hydrogen-bond acceptors (Lipinski definition) is 3. The molecule has 0 bridgehead atoms. The Morgan fingerprint density at radius 3 is 2.50 bits per heavy atom. The lowest BCUT2D eigenvalue weighted by molar-refractivity contribution is -0.131. The average molecular weight is 255 g/mol. The fourth-order valence-corrected chi connectivity index (χ4v) is 2.52. The molecule has 5 nitrogen and oxygen atoms in total. The molecule has 0 saturated carbocycles. The summed E-state index contributed by atoms with van der Waals surface area (Å²) in [4.78, 5) is 24.9. The molecule has 2 atom stereocenters. The Balaban J connectivity index is 2.43. The molecule has 1 rings (SSSR count). The van der Waals surface area contributed by atoms with Crippen molar-refractivity contribution >= 4 is 11.8 Å². The van der Waals surface area contributed by atoms with Crippen LogP contribution in [-0.2, 0) is 9.59 Å². The zero-order chi connectivity index (χ0) is 13.7. The van der Waals surface area contributed by atoms with E-state index in [0.717, 1.165) is 6.42 Å². The lowest BCUT2D eigenvalue weighted by Gasteiger charge is -2.21. The molecule has 1 saturated heterocycles. The van der Waals surface area contributed by atoms with Crippen molar-refractivity contribution in [1.29, 1.82) is 0 Å². The van der Waals surface area contributed by atoms with Crippen LogP contribution in [0.2, 0.25) is 0 Å². The summed E-state index contributed by atoms with van der Waals surface area (Å²) < 4.78 is 0. The van der Waals surface area contributed by atoms with Gasteiger partial charge in [0.15, 0.2) is 0 Å². The monoisotopic (exact) mass is 255 g/mol. The quantitative estimate of drug-likeness (QED) is 0.716. The van der Waals surface area contributed by atoms with Crippen LogP contribution in [0, 0.1) is 17.8 Å². The highest BCUT2D eigenvalue weighted by Gasteiger charge is 2.30. The van der Waals surface area contributed by atoms with E-state index < -0.39 is 0 Å². The number of carbonyl (C=O) groups excluding carboxylic acids is 2. The van der Waals surface area contributed by atoms with Crippen molar-refractivity contribution < 1.29 is 9.59 Å². The molecule has 4 N–H and O–H groups in total. The summed E-state index contributed by atoms with van der Waals surface area (Å²) in [6.45, 7) is 5.92. The van der Waals surface area contributed by atoms with Crippen LogP contribution in [-0.4, -0.2) is 36.3 Å². The fourth-order valence-electron chi connectivity index (χ4n) is 2.52. The van der Waals surface area contributed by atoms with Crippen molar-refractivity contribution in [1.82, 2.24) is 4.90 Å². The van der Waals surface area contributed by atoms with Gasteiger partial charge in [-0.3, -0.25) is 9.59 Å². The van der Waals surface area contributed by atoms with Crippen LogP contribution in [0.5, 0.6) is 0 Å². The van der Waals surface area contributed by atoms with Gasteiger partial charge in [0.2, 0.25) is 11.8 Å². The molecule has 0 aromatic heterocycles. The highest BCUT2D eigenvalue weighted by atomic mass is 16.2. The van der Waals surface area contributed by atoms with Crippen molar-refractivity contribution in [3.05, 3.63) is 0 Å². The molecule has 0 aliphatic carbocycles. The summed E-state index contributed by atoms with van der Waals surface area (Å²) >= 11 is 0. The van der Waals surface area contributed by atoms with Crippen LogP contribution in [0.15, 0.2) is 0 Å². The Bertz CT molecular complexity index is 305. The van der Waals surface area contributed by atoms with Crippen LogP contribution in [0.1, 0.15) is 33.1 Å². The zero-order valence-electron chi connectivity index (χ0n) is 11.4. The molecular formula is C13H25N3O2. The Labute approximate surface area is 109 Å². The molecule has 1 aliphatic heterocycles. The first-order chi connectivity index (χ1) is 8.43. The van der Waals surface area contributed by atoms with Gasteiger partial charge in [0.25, 0.3) is 0 Å². The summed E-state index contributed by atoms with van der Waals surface area (Å²) in [6, 6.07) is 0. The van der Waals surface area contributed by atoms with Crippen molar-refractivity contribution in [2.45, 2.75) is 33.1 Å². The molecular weight excluding hydrogens is 230 g/mol. The largest absolute Gasteiger partial charge is 0.369 e. The van der Waals surface area contributed by atoms with E-state index in [-0.39, 0.29) is 23.7 Å². The maximum absolute atomic E-state index is 12.1. The van der Waals surface area contributed by atoms with Crippen LogP contribution < -0.4 is 11.5 Å². The van der Waals surface area contributed by atoms with Gasteiger partial charge in [-0.15, -0.1) is 0 Å². The number of rotatable bonds is 6. The molecule has 1 heterocycles. The van der Waals surface area contributed by atoms with Gasteiger partial charge >= 0.3 is 0 Å². The summed E-state index contributed by atoms with van der Waals surface area (Å²) in [5.41, 5.74) is 11.0. The van der Waals surface area contributed by atoms with Crippen molar-refractivity contribution in [2.24, 2.45) is 29.2 Å². The smallest absolute Gasteiger partial charge is 0.222 e. The first-order valence-corrected chi connectivity index (χ1v) is 6.71. The third-order valence-electron chi connectivity index (χ3n) is 3.54. The first-order valence-electron chi connectivity index (χ1n) is 6.71. The highest BCUT2D eigenvalue weighted by Crippen LogP contribution is 2.20. The molecule has 2 amide bonds. The zero-order valence-corrected chi connectivity index (χ0v) is 11.4. The van der Waals surface area contributed by atoms with Crippen molar-refractivity contribution in [3.63, 3.8) is 0 Å². The highest BCUT2D eigenvalue weighted by molar-refractivity contribution is 5.81. The number of amides is 2. The molecule has 0 spiro atoms. The van der Waals surface area contributed by atoms with E-state index in [0.29, 0.717) is 38.4 Å². The molecule has 0 radical (unpaired) electrons. The molecule has 1 unspecified atom stereocenters. The topological polar surface area (TPSA) is 89.4 Å². The van der Waals surface area contributed by atoms with Gasteiger partial charge in [0, 0.05) is 19.5 Å². The van der Waals surface area contributed by atoms with E-state index in [1.165, 1.54) is 0 Å². The van der Waals surface area contributed by atoms with Crippen LogP contribution in [0.4, 0.5) is 0 Å². The molecule has 0 aromatic rings. The van der Waals surface area contributed by atoms with Gasteiger partial charge in [-0.2, -0.15) is 0 Å². The minimum absolute atomic E-state index is 0.106. The molecule has 1 fully saturated rings. The maximum Gasteiger partial charge on any atom is 0.222 e. The number of nitrogens with two attached hydrogens (primary N) is 2. The van der Waals surface area contributed by atoms with E-state index in [1.807, 2.05) is 0 Å². The summed E-state index contributed by atoms with van der Waals surface area (Å²) in [5.74, 6) is 0.418. The molecule has 0 aromatic carbocycles. The standard InChI is InChI=1S/C13H25N3O2/c1-9(2)5-10(7-14)6-12(17)16-4-3-11(8-16)13(15)18/h9-11H,3-8,14H2,1-2H3,(H2,15,18)/t10-,11?/m0/s1. The van der Waals surface area contributed by atoms with E-state index in [2.05, 4.69) is 13.8 Å². The van der Waals surface area contributed by atoms with Gasteiger partial charge in [-0.05, 0) is 31.2 Å². The number of nitrogens with zero attached hydrogens (tertiary/aromatic N) is 1. The van der Waals surface area contributed by atoms with Crippen LogP contribution in [0.3, 0.4) is 0 Å². The average Bonchev–Trinajstić information content (AvgIpc) is 2.76. The number of primary amides is 1. The predicted octanol–water partition coefficient (Wildman–Crippen LogP) is 0.331. The Morgan fingerprint density at radius 1 is 1.39 bits per heavy atom. The lowest BCUT2D eigenvalue weighted by atomic mass is 9.94. The first kappa shape index (κ1) is 15.0. The van der Waals surface area contributed by atoms with Crippen LogP contribution >= 0.6 is 0 Å². The van der Waals surface area contributed by atoms with Gasteiger partial charge in [0.05, 0.1) is 5.92 Å². The van der Waals surface area contributed by atoms with Crippen molar-refractivity contribution in [2.75, 3.05) is 19.6 Å². The van der Waals surface area contributed by atoms with Gasteiger partial charge in [0.1, 0.15) is 0 Å². The van der Waals surface area contributed by atoms with Gasteiger partial charge in [-0.25, -0.2) is 0 Å². The van der Waals surface area contributed by atoms with Crippen LogP contribution in [0.25, 0.3) is 0 Å². The minimum atomic E-state index is -0.303. The second-order valence-electron chi connectivity index (χ2n) is 5.66.